The largest absolute Gasteiger partial charge is 0.508 e. The average molecular weight is 760 g/mol. The lowest BCUT2D eigenvalue weighted by molar-refractivity contribution is -0.189. The minimum Gasteiger partial charge on any atom is -0.508 e. The van der Waals surface area contributed by atoms with Crippen molar-refractivity contribution >= 4 is 51.3 Å². The summed E-state index contributed by atoms with van der Waals surface area (Å²) < 4.78 is 3.10. The number of amides is 4. The number of carbonyl (C=O) groups is 3. The van der Waals surface area contributed by atoms with Gasteiger partial charge in [-0.1, -0.05) is 48.5 Å². The number of benzene rings is 3. The van der Waals surface area contributed by atoms with Crippen LogP contribution in [0.1, 0.15) is 29.5 Å². The Balaban J connectivity index is 1.22. The van der Waals surface area contributed by atoms with E-state index < -0.39 is 12.2 Å². The van der Waals surface area contributed by atoms with Crippen LogP contribution >= 0.6 is 22.6 Å². The van der Waals surface area contributed by atoms with Crippen LogP contribution in [0.25, 0.3) is 10.9 Å². The summed E-state index contributed by atoms with van der Waals surface area (Å²) in [6, 6.07) is 19.4. The molecule has 0 bridgehead atoms. The SMILES string of the molecule is C=CCN1CC(=O)N2[C@@H](Cc3ccc(O)cc3)C(=O)N(Cc3cccc4cn(CC5CC5)nc34)C[C@@H]2N1C(=O)NCc1ccc(I)cc1. The van der Waals surface area contributed by atoms with Gasteiger partial charge in [0.25, 0.3) is 0 Å². The summed E-state index contributed by atoms with van der Waals surface area (Å²) in [5, 5.41) is 22.2. The molecule has 3 aromatic carbocycles. The molecule has 11 nitrogen and oxygen atoms in total. The number of hydrazine groups is 1. The molecule has 4 aromatic rings. The molecular weight excluding hydrogens is 721 g/mol. The highest BCUT2D eigenvalue weighted by Crippen LogP contribution is 2.32. The first-order chi connectivity index (χ1) is 23.3. The van der Waals surface area contributed by atoms with Crippen LogP contribution in [0.2, 0.25) is 0 Å². The smallest absolute Gasteiger partial charge is 0.334 e. The van der Waals surface area contributed by atoms with Crippen molar-refractivity contribution in [2.45, 2.75) is 51.1 Å². The Kier molecular flexibility index (Phi) is 9.10. The number of nitrogens with zero attached hydrogens (tertiary/aromatic N) is 6. The van der Waals surface area contributed by atoms with Crippen LogP contribution < -0.4 is 5.32 Å². The van der Waals surface area contributed by atoms with E-state index >= 15 is 0 Å². The quantitative estimate of drug-likeness (QED) is 0.182. The van der Waals surface area contributed by atoms with Crippen molar-refractivity contribution in [1.82, 2.24) is 34.9 Å². The van der Waals surface area contributed by atoms with Crippen molar-refractivity contribution < 1.29 is 19.5 Å². The number of piperazine rings is 1. The number of aromatic nitrogens is 2. The predicted molar refractivity (Wildman–Crippen MR) is 189 cm³/mol. The Morgan fingerprint density at radius 2 is 1.79 bits per heavy atom. The predicted octanol–water partition coefficient (Wildman–Crippen LogP) is 4.49. The number of fused-ring (bicyclic) bond motifs is 2. The fourth-order valence-corrected chi connectivity index (χ4v) is 7.07. The number of carbonyl (C=O) groups excluding carboxylic acids is 3. The van der Waals surface area contributed by atoms with Crippen LogP contribution in [0.5, 0.6) is 5.75 Å². The third-order valence-corrected chi connectivity index (χ3v) is 9.99. The highest BCUT2D eigenvalue weighted by molar-refractivity contribution is 14.1. The highest BCUT2D eigenvalue weighted by Gasteiger charge is 2.51. The fraction of sp³-hybridized carbons (Fsp3) is 0.333. The molecule has 0 radical (unpaired) electrons. The number of phenols is 1. The van der Waals surface area contributed by atoms with E-state index in [0.29, 0.717) is 12.5 Å². The van der Waals surface area contributed by atoms with Crippen molar-refractivity contribution in [2.24, 2.45) is 5.92 Å². The molecule has 2 aliphatic heterocycles. The Labute approximate surface area is 292 Å². The van der Waals surface area contributed by atoms with Crippen LogP contribution in [-0.2, 0) is 35.6 Å². The summed E-state index contributed by atoms with van der Waals surface area (Å²) in [6.07, 6.45) is 5.66. The fourth-order valence-electron chi connectivity index (χ4n) is 6.71. The lowest BCUT2D eigenvalue weighted by atomic mass is 9.98. The number of phenolic OH excluding ortho intramolecular Hbond substituents is 1. The van der Waals surface area contributed by atoms with Gasteiger partial charge >= 0.3 is 6.03 Å². The lowest BCUT2D eigenvalue weighted by Gasteiger charge is -2.55. The second kappa shape index (κ2) is 13.6. The van der Waals surface area contributed by atoms with Crippen molar-refractivity contribution in [3.05, 3.63) is 106 Å². The van der Waals surface area contributed by atoms with Crippen LogP contribution in [0.4, 0.5) is 4.79 Å². The topological polar surface area (TPSA) is 114 Å². The van der Waals surface area contributed by atoms with E-state index in [-0.39, 0.29) is 56.2 Å². The van der Waals surface area contributed by atoms with E-state index in [4.69, 9.17) is 5.10 Å². The number of hydrogen-bond donors (Lipinski definition) is 2. The standard InChI is InChI=1S/C36H38IN7O4/c1-2-16-42-23-33(46)43-31(17-24-10-14-30(45)15-11-24)35(47)40(20-27-4-3-5-28-21-41(39-34(27)28)19-26-6-7-26)22-32(43)44(42)36(48)38-18-25-8-12-29(37)13-9-25/h2-5,8-15,21,26,31-32,45H,1,6-7,16-20,22-23H2,(H,38,48)/t31-,32-/m0/s1. The summed E-state index contributed by atoms with van der Waals surface area (Å²) in [6.45, 7) is 5.67. The van der Waals surface area contributed by atoms with E-state index in [1.807, 2.05) is 47.1 Å². The van der Waals surface area contributed by atoms with Crippen LogP contribution in [0, 0.1) is 9.49 Å². The van der Waals surface area contributed by atoms with Gasteiger partial charge in [-0.25, -0.2) is 14.8 Å². The first kappa shape index (κ1) is 32.1. The molecule has 1 saturated carbocycles. The van der Waals surface area contributed by atoms with Gasteiger partial charge in [0.1, 0.15) is 18.0 Å². The number of halogens is 1. The maximum Gasteiger partial charge on any atom is 0.334 e. The van der Waals surface area contributed by atoms with E-state index in [1.54, 1.807) is 50.2 Å². The van der Waals surface area contributed by atoms with Gasteiger partial charge in [0, 0.05) is 47.8 Å². The molecule has 1 aromatic heterocycles. The highest BCUT2D eigenvalue weighted by atomic mass is 127. The zero-order chi connectivity index (χ0) is 33.4. The molecule has 2 atom stereocenters. The molecule has 0 spiro atoms. The maximum atomic E-state index is 14.4. The molecule has 1 aliphatic carbocycles. The Morgan fingerprint density at radius 3 is 2.52 bits per heavy atom. The number of hydrogen-bond acceptors (Lipinski definition) is 6. The van der Waals surface area contributed by atoms with Gasteiger partial charge < -0.3 is 20.2 Å². The maximum absolute atomic E-state index is 14.4. The van der Waals surface area contributed by atoms with Gasteiger partial charge in [-0.2, -0.15) is 5.10 Å². The molecule has 3 aliphatic rings. The summed E-state index contributed by atoms with van der Waals surface area (Å²) in [7, 11) is 0. The summed E-state index contributed by atoms with van der Waals surface area (Å²) in [4.78, 5) is 45.7. The van der Waals surface area contributed by atoms with Crippen molar-refractivity contribution in [2.75, 3.05) is 19.6 Å². The second-order valence-electron chi connectivity index (χ2n) is 12.8. The summed E-state index contributed by atoms with van der Waals surface area (Å²) >= 11 is 2.24. The number of rotatable bonds is 10. The summed E-state index contributed by atoms with van der Waals surface area (Å²) in [5.41, 5.74) is 3.50. The molecule has 248 valence electrons. The third kappa shape index (κ3) is 6.76. The Hall–Kier alpha value is -4.43. The van der Waals surface area contributed by atoms with Crippen LogP contribution in [0.3, 0.4) is 0 Å². The number of urea groups is 1. The average Bonchev–Trinajstić information content (AvgIpc) is 3.79. The molecule has 4 amide bonds. The third-order valence-electron chi connectivity index (χ3n) is 9.27. The van der Waals surface area contributed by atoms with E-state index in [2.05, 4.69) is 40.7 Å². The summed E-state index contributed by atoms with van der Waals surface area (Å²) in [5.74, 6) is 0.357. The van der Waals surface area contributed by atoms with Crippen LogP contribution in [-0.4, -0.2) is 84.4 Å². The first-order valence-corrected chi connectivity index (χ1v) is 17.4. The number of nitrogens with one attached hydrogen (secondary N) is 1. The van der Waals surface area contributed by atoms with Gasteiger partial charge in [0.2, 0.25) is 11.8 Å². The van der Waals surface area contributed by atoms with Crippen LogP contribution in [0.15, 0.2) is 85.6 Å². The molecule has 3 heterocycles. The molecule has 7 rings (SSSR count). The minimum absolute atomic E-state index is 0.0729. The zero-order valence-corrected chi connectivity index (χ0v) is 28.7. The molecule has 2 N–H and O–H groups in total. The molecule has 0 unspecified atom stereocenters. The lowest BCUT2D eigenvalue weighted by Crippen LogP contribution is -2.76. The van der Waals surface area contributed by atoms with Crippen molar-refractivity contribution in [1.29, 1.82) is 0 Å². The molecule has 12 heteroatoms. The van der Waals surface area contributed by atoms with E-state index in [1.165, 1.54) is 12.8 Å². The zero-order valence-electron chi connectivity index (χ0n) is 26.5. The Morgan fingerprint density at radius 1 is 1.04 bits per heavy atom. The van der Waals surface area contributed by atoms with Crippen molar-refractivity contribution in [3.63, 3.8) is 0 Å². The molecular formula is C36H38IN7O4. The molecule has 48 heavy (non-hydrogen) atoms. The molecule has 2 saturated heterocycles. The molecule has 3 fully saturated rings. The first-order valence-electron chi connectivity index (χ1n) is 16.3. The normalized spacial score (nSPS) is 19.9. The van der Waals surface area contributed by atoms with E-state index in [0.717, 1.165) is 37.7 Å². The number of aromatic hydroxyl groups is 1. The van der Waals surface area contributed by atoms with E-state index in [9.17, 15) is 19.5 Å². The van der Waals surface area contributed by atoms with Gasteiger partial charge in [-0.15, -0.1) is 6.58 Å². The monoisotopic (exact) mass is 759 g/mol. The van der Waals surface area contributed by atoms with Gasteiger partial charge in [0.15, 0.2) is 0 Å². The minimum atomic E-state index is -0.857. The van der Waals surface area contributed by atoms with Gasteiger partial charge in [-0.3, -0.25) is 14.3 Å². The van der Waals surface area contributed by atoms with Crippen molar-refractivity contribution in [3.8, 4) is 5.75 Å². The van der Waals surface area contributed by atoms with Gasteiger partial charge in [-0.05, 0) is 82.3 Å². The van der Waals surface area contributed by atoms with Gasteiger partial charge in [0.05, 0.1) is 18.6 Å². The Bertz CT molecular complexity index is 1840. The second-order valence-corrected chi connectivity index (χ2v) is 14.0.